The first kappa shape index (κ1) is 23.0. The van der Waals surface area contributed by atoms with E-state index in [2.05, 4.69) is 147 Å². The van der Waals surface area contributed by atoms with Crippen molar-refractivity contribution in [1.29, 1.82) is 0 Å². The summed E-state index contributed by atoms with van der Waals surface area (Å²) >= 11 is 0. The van der Waals surface area contributed by atoms with Gasteiger partial charge in [0, 0.05) is 95.6 Å². The molecule has 37 heavy (non-hydrogen) atoms. The summed E-state index contributed by atoms with van der Waals surface area (Å²) in [5.41, 5.74) is 4.39. The molecule has 2 aromatic rings. The summed E-state index contributed by atoms with van der Waals surface area (Å²) in [6.45, 7) is 3.18. The van der Waals surface area contributed by atoms with Gasteiger partial charge in [-0.15, -0.1) is 0 Å². The van der Waals surface area contributed by atoms with Crippen LogP contribution >= 0.6 is 0 Å². The van der Waals surface area contributed by atoms with E-state index >= 15 is 0 Å². The molecule has 0 aliphatic carbocycles. The normalized spacial score (nSPS) is 18.6. The third-order valence-electron chi connectivity index (χ3n) is 6.87. The monoisotopic (exact) mass is 498 g/mol. The fraction of sp³-hybridized carbons (Fsp3) is 0.286. The predicted octanol–water partition coefficient (Wildman–Crippen LogP) is 4.20. The third-order valence-corrected chi connectivity index (χ3v) is 6.87. The number of rotatable bonds is 6. The minimum absolute atomic E-state index is 0.766. The Hall–Kier alpha value is -4.40. The molecule has 0 radical (unpaired) electrons. The lowest BCUT2D eigenvalue weighted by molar-refractivity contribution is 0.470. The molecule has 0 atom stereocenters. The number of benzene rings is 2. The third kappa shape index (κ3) is 4.60. The minimum Gasteiger partial charge on any atom is -0.455 e. The molecule has 4 aliphatic heterocycles. The summed E-state index contributed by atoms with van der Waals surface area (Å²) in [5.74, 6) is 1.64. The van der Waals surface area contributed by atoms with Crippen molar-refractivity contribution in [2.45, 2.75) is 0 Å². The Kier molecular flexibility index (Phi) is 5.75. The van der Waals surface area contributed by atoms with Crippen molar-refractivity contribution in [2.24, 2.45) is 0 Å². The molecule has 0 spiro atoms. The second-order valence-corrected chi connectivity index (χ2v) is 10.1. The van der Waals surface area contributed by atoms with Crippen molar-refractivity contribution in [3.05, 3.63) is 86.0 Å². The summed E-state index contributed by atoms with van der Waals surface area (Å²) in [4.78, 5) is 17.7. The second kappa shape index (κ2) is 9.24. The van der Waals surface area contributed by atoms with E-state index in [0.717, 1.165) is 60.9 Å². The maximum Gasteiger partial charge on any atom is 0.153 e. The number of ether oxygens (including phenoxy) is 1. The first-order valence-electron chi connectivity index (χ1n) is 12.5. The van der Waals surface area contributed by atoms with Crippen LogP contribution in [-0.4, -0.2) is 74.5 Å². The van der Waals surface area contributed by atoms with E-state index in [0.29, 0.717) is 0 Å². The van der Waals surface area contributed by atoms with Crippen LogP contribution in [0.3, 0.4) is 0 Å². The largest absolute Gasteiger partial charge is 0.455 e. The highest BCUT2D eigenvalue weighted by Gasteiger charge is 2.26. The zero-order valence-corrected chi connectivity index (χ0v) is 21.9. The average molecular weight is 499 g/mol. The van der Waals surface area contributed by atoms with Crippen LogP contribution in [0.1, 0.15) is 0 Å². The molecule has 0 fully saturated rings. The van der Waals surface area contributed by atoms with Crippen molar-refractivity contribution in [3.8, 4) is 11.5 Å². The quantitative estimate of drug-likeness (QED) is 0.582. The number of hydrogen-bond donors (Lipinski definition) is 0. The fourth-order valence-corrected chi connectivity index (χ4v) is 4.92. The van der Waals surface area contributed by atoms with Gasteiger partial charge in [-0.25, -0.2) is 0 Å². The van der Waals surface area contributed by atoms with Gasteiger partial charge in [0.15, 0.2) is 5.75 Å². The van der Waals surface area contributed by atoms with E-state index < -0.39 is 0 Å². The highest BCUT2D eigenvalue weighted by Crippen LogP contribution is 2.45. The van der Waals surface area contributed by atoms with Crippen LogP contribution in [0.15, 0.2) is 86.0 Å². The molecule has 2 aromatic carbocycles. The molecule has 0 saturated carbocycles. The number of hydrogen-bond acceptors (Lipinski definition) is 9. The number of anilines is 4. The van der Waals surface area contributed by atoms with Crippen LogP contribution in [0.25, 0.3) is 0 Å². The van der Waals surface area contributed by atoms with Gasteiger partial charge in [0.1, 0.15) is 5.75 Å². The summed E-state index contributed by atoms with van der Waals surface area (Å²) in [7, 11) is 8.34. The van der Waals surface area contributed by atoms with Crippen molar-refractivity contribution in [1.82, 2.24) is 19.6 Å². The van der Waals surface area contributed by atoms with Crippen molar-refractivity contribution >= 4 is 22.7 Å². The van der Waals surface area contributed by atoms with Crippen LogP contribution in [0.2, 0.25) is 0 Å². The van der Waals surface area contributed by atoms with E-state index in [9.17, 15) is 0 Å². The Labute approximate surface area is 219 Å². The Morgan fingerprint density at radius 1 is 0.514 bits per heavy atom. The summed E-state index contributed by atoms with van der Waals surface area (Å²) < 4.78 is 6.68. The Morgan fingerprint density at radius 2 is 1.00 bits per heavy atom. The topological polar surface area (TPSA) is 35.2 Å². The fourth-order valence-electron chi connectivity index (χ4n) is 4.92. The molecule has 4 aliphatic rings. The van der Waals surface area contributed by atoms with E-state index in [1.807, 2.05) is 6.07 Å². The van der Waals surface area contributed by atoms with Gasteiger partial charge in [0.25, 0.3) is 0 Å². The summed E-state index contributed by atoms with van der Waals surface area (Å²) in [6, 6.07) is 12.7. The first-order valence-corrected chi connectivity index (χ1v) is 12.5. The van der Waals surface area contributed by atoms with Crippen LogP contribution in [0.4, 0.5) is 22.7 Å². The van der Waals surface area contributed by atoms with E-state index in [1.54, 1.807) is 0 Å². The Morgan fingerprint density at radius 3 is 1.51 bits per heavy atom. The predicted molar refractivity (Wildman–Crippen MR) is 150 cm³/mol. The van der Waals surface area contributed by atoms with Crippen LogP contribution < -0.4 is 24.3 Å². The van der Waals surface area contributed by atoms with Crippen LogP contribution in [0.5, 0.6) is 11.5 Å². The van der Waals surface area contributed by atoms with Crippen LogP contribution in [-0.2, 0) is 0 Å². The van der Waals surface area contributed by atoms with Gasteiger partial charge < -0.3 is 43.9 Å². The Balaban J connectivity index is 1.41. The smallest absolute Gasteiger partial charge is 0.153 e. The maximum atomic E-state index is 6.68. The summed E-state index contributed by atoms with van der Waals surface area (Å²) in [5, 5.41) is 0. The highest BCUT2D eigenvalue weighted by molar-refractivity contribution is 5.83. The highest BCUT2D eigenvalue weighted by atomic mass is 16.5. The Bertz CT molecular complexity index is 1290. The molecule has 9 heteroatoms. The van der Waals surface area contributed by atoms with E-state index in [-0.39, 0.29) is 0 Å². The minimum atomic E-state index is 0.766. The SMILES string of the molecule is CN1C=CN(c2cccc(Oc3cc(N4C=CN(C)C4)c(N4C=CN(C)C4)cc3N3C=CN(C)C3)c2)C1. The van der Waals surface area contributed by atoms with Gasteiger partial charge in [-0.05, 0) is 18.2 Å². The van der Waals surface area contributed by atoms with E-state index in [4.69, 9.17) is 4.74 Å². The van der Waals surface area contributed by atoms with Gasteiger partial charge >= 0.3 is 0 Å². The molecule has 0 saturated heterocycles. The van der Waals surface area contributed by atoms with Gasteiger partial charge in [-0.2, -0.15) is 0 Å². The molecule has 0 bridgehead atoms. The van der Waals surface area contributed by atoms with Gasteiger partial charge in [-0.1, -0.05) is 6.07 Å². The molecule has 0 unspecified atom stereocenters. The van der Waals surface area contributed by atoms with Crippen molar-refractivity contribution in [2.75, 3.05) is 74.5 Å². The lowest BCUT2D eigenvalue weighted by Gasteiger charge is -2.30. The zero-order valence-electron chi connectivity index (χ0n) is 21.9. The van der Waals surface area contributed by atoms with Gasteiger partial charge in [0.2, 0.25) is 0 Å². The molecular formula is C28H34N8O. The lowest BCUT2D eigenvalue weighted by Crippen LogP contribution is -2.27. The standard InChI is InChI=1S/C28H34N8O/c1-29-8-12-33(19-29)23-6-5-7-24(16-23)37-28-18-26(35-14-10-31(3)21-35)25(34-13-9-30(2)20-34)17-27(28)36-15-11-32(4)22-36/h5-18H,19-22H2,1-4H3. The second-order valence-electron chi connectivity index (χ2n) is 10.1. The zero-order chi connectivity index (χ0) is 25.5. The molecular weight excluding hydrogens is 464 g/mol. The van der Waals surface area contributed by atoms with Gasteiger partial charge in [-0.3, -0.25) is 0 Å². The molecule has 0 amide bonds. The lowest BCUT2D eigenvalue weighted by atomic mass is 10.1. The summed E-state index contributed by atoms with van der Waals surface area (Å²) in [6.07, 6.45) is 16.9. The van der Waals surface area contributed by atoms with Crippen LogP contribution in [0, 0.1) is 0 Å². The molecule has 4 heterocycles. The molecule has 0 aromatic heterocycles. The van der Waals surface area contributed by atoms with Gasteiger partial charge in [0.05, 0.1) is 43.7 Å². The van der Waals surface area contributed by atoms with Crippen molar-refractivity contribution < 1.29 is 4.74 Å². The van der Waals surface area contributed by atoms with E-state index in [1.165, 1.54) is 0 Å². The molecule has 192 valence electrons. The maximum absolute atomic E-state index is 6.68. The molecule has 0 N–H and O–H groups in total. The number of nitrogens with zero attached hydrogens (tertiary/aromatic N) is 8. The molecule has 6 rings (SSSR count). The van der Waals surface area contributed by atoms with Crippen molar-refractivity contribution in [3.63, 3.8) is 0 Å². The first-order chi connectivity index (χ1) is 17.9. The molecule has 9 nitrogen and oxygen atoms in total. The average Bonchev–Trinajstić information content (AvgIpc) is 3.68.